The fourth-order valence-electron chi connectivity index (χ4n) is 2.65. The van der Waals surface area contributed by atoms with E-state index in [2.05, 4.69) is 10.3 Å². The van der Waals surface area contributed by atoms with Crippen LogP contribution in [0.4, 0.5) is 4.39 Å². The highest BCUT2D eigenvalue weighted by Gasteiger charge is 2.28. The Morgan fingerprint density at radius 3 is 2.58 bits per heavy atom. The Hall–Kier alpha value is -1.00. The lowest BCUT2D eigenvalue weighted by atomic mass is 9.94. The standard InChI is InChI=1S/C15H23FN2O/c1-12(14-7-6-13(16)10-17-14)18-11-15(19)8-4-2-3-5-9-15/h6-7,10,12,18-19H,2-5,8-9,11H2,1H3. The topological polar surface area (TPSA) is 45.1 Å². The number of nitrogens with one attached hydrogen (secondary N) is 1. The molecule has 1 aromatic heterocycles. The van der Waals surface area contributed by atoms with Crippen molar-refractivity contribution in [3.8, 4) is 0 Å². The molecule has 106 valence electrons. The quantitative estimate of drug-likeness (QED) is 0.824. The first kappa shape index (κ1) is 14.4. The van der Waals surface area contributed by atoms with E-state index in [1.807, 2.05) is 6.92 Å². The van der Waals surface area contributed by atoms with Crippen molar-refractivity contribution in [2.75, 3.05) is 6.54 Å². The zero-order chi connectivity index (χ0) is 13.7. The molecule has 0 radical (unpaired) electrons. The van der Waals surface area contributed by atoms with Gasteiger partial charge in [0.1, 0.15) is 5.82 Å². The van der Waals surface area contributed by atoms with Gasteiger partial charge in [0.05, 0.1) is 17.5 Å². The summed E-state index contributed by atoms with van der Waals surface area (Å²) in [4.78, 5) is 4.06. The molecule has 4 heteroatoms. The molecule has 0 bridgehead atoms. The first-order chi connectivity index (χ1) is 9.09. The van der Waals surface area contributed by atoms with Gasteiger partial charge in [-0.05, 0) is 31.9 Å². The van der Waals surface area contributed by atoms with Crippen molar-refractivity contribution >= 4 is 0 Å². The number of aromatic nitrogens is 1. The summed E-state index contributed by atoms with van der Waals surface area (Å²) in [6.45, 7) is 2.56. The van der Waals surface area contributed by atoms with Crippen LogP contribution in [0.3, 0.4) is 0 Å². The SMILES string of the molecule is CC(NCC1(O)CCCCCC1)c1ccc(F)cn1. The second kappa shape index (κ2) is 6.44. The van der Waals surface area contributed by atoms with Gasteiger partial charge in [-0.15, -0.1) is 0 Å². The van der Waals surface area contributed by atoms with Crippen LogP contribution in [0.25, 0.3) is 0 Å². The second-order valence-corrected chi connectivity index (χ2v) is 5.64. The van der Waals surface area contributed by atoms with Crippen LogP contribution in [0.1, 0.15) is 57.2 Å². The first-order valence-corrected chi connectivity index (χ1v) is 7.16. The van der Waals surface area contributed by atoms with Crippen LogP contribution in [0.5, 0.6) is 0 Å². The van der Waals surface area contributed by atoms with Gasteiger partial charge in [0.25, 0.3) is 0 Å². The zero-order valence-corrected chi connectivity index (χ0v) is 11.5. The summed E-state index contributed by atoms with van der Waals surface area (Å²) in [5, 5.41) is 13.9. The van der Waals surface area contributed by atoms with Gasteiger partial charge in [-0.25, -0.2) is 4.39 Å². The Bertz CT molecular complexity index is 386. The van der Waals surface area contributed by atoms with Crippen LogP contribution in [0.2, 0.25) is 0 Å². The molecule has 1 aliphatic carbocycles. The van der Waals surface area contributed by atoms with Crippen LogP contribution < -0.4 is 5.32 Å². The summed E-state index contributed by atoms with van der Waals surface area (Å²) in [7, 11) is 0. The largest absolute Gasteiger partial charge is 0.389 e. The van der Waals surface area contributed by atoms with E-state index >= 15 is 0 Å². The molecule has 1 atom stereocenters. The van der Waals surface area contributed by atoms with E-state index in [-0.39, 0.29) is 11.9 Å². The Morgan fingerprint density at radius 1 is 1.32 bits per heavy atom. The van der Waals surface area contributed by atoms with Crippen molar-refractivity contribution in [2.45, 2.75) is 57.1 Å². The Balaban J connectivity index is 1.88. The minimum Gasteiger partial charge on any atom is -0.389 e. The summed E-state index contributed by atoms with van der Waals surface area (Å²) in [5.74, 6) is -0.321. The van der Waals surface area contributed by atoms with E-state index in [1.54, 1.807) is 6.07 Å². The third-order valence-electron chi connectivity index (χ3n) is 3.97. The molecular weight excluding hydrogens is 243 g/mol. The fraction of sp³-hybridized carbons (Fsp3) is 0.667. The Morgan fingerprint density at radius 2 is 2.00 bits per heavy atom. The molecular formula is C15H23FN2O. The normalized spacial score (nSPS) is 20.8. The minimum absolute atomic E-state index is 0.0212. The van der Waals surface area contributed by atoms with Crippen molar-refractivity contribution in [3.05, 3.63) is 29.8 Å². The van der Waals surface area contributed by atoms with E-state index in [1.165, 1.54) is 25.1 Å². The lowest BCUT2D eigenvalue weighted by Crippen LogP contribution is -2.41. The molecule has 2 rings (SSSR count). The predicted molar refractivity (Wildman–Crippen MR) is 73.3 cm³/mol. The number of rotatable bonds is 4. The van der Waals surface area contributed by atoms with Gasteiger partial charge in [0, 0.05) is 12.6 Å². The van der Waals surface area contributed by atoms with E-state index in [0.29, 0.717) is 6.54 Å². The monoisotopic (exact) mass is 266 g/mol. The van der Waals surface area contributed by atoms with Gasteiger partial charge in [0.15, 0.2) is 0 Å². The molecule has 2 N–H and O–H groups in total. The maximum absolute atomic E-state index is 12.8. The van der Waals surface area contributed by atoms with Crippen LogP contribution >= 0.6 is 0 Å². The zero-order valence-electron chi connectivity index (χ0n) is 11.5. The van der Waals surface area contributed by atoms with Gasteiger partial charge in [-0.3, -0.25) is 4.98 Å². The average Bonchev–Trinajstić information content (AvgIpc) is 2.62. The molecule has 1 heterocycles. The van der Waals surface area contributed by atoms with Gasteiger partial charge >= 0.3 is 0 Å². The van der Waals surface area contributed by atoms with E-state index in [4.69, 9.17) is 0 Å². The number of hydrogen-bond acceptors (Lipinski definition) is 3. The number of halogens is 1. The number of pyridine rings is 1. The van der Waals surface area contributed by atoms with Crippen molar-refractivity contribution in [3.63, 3.8) is 0 Å². The van der Waals surface area contributed by atoms with Gasteiger partial charge < -0.3 is 10.4 Å². The van der Waals surface area contributed by atoms with Gasteiger partial charge in [0.2, 0.25) is 0 Å². The summed E-state index contributed by atoms with van der Waals surface area (Å²) < 4.78 is 12.8. The highest BCUT2D eigenvalue weighted by Crippen LogP contribution is 2.27. The van der Waals surface area contributed by atoms with E-state index < -0.39 is 5.60 Å². The highest BCUT2D eigenvalue weighted by atomic mass is 19.1. The molecule has 1 fully saturated rings. The summed E-state index contributed by atoms with van der Waals surface area (Å²) in [5.41, 5.74) is 0.212. The van der Waals surface area contributed by atoms with Crippen LogP contribution in [-0.4, -0.2) is 22.2 Å². The van der Waals surface area contributed by atoms with Crippen molar-refractivity contribution < 1.29 is 9.50 Å². The first-order valence-electron chi connectivity index (χ1n) is 7.16. The molecule has 1 aliphatic rings. The number of nitrogens with zero attached hydrogens (tertiary/aromatic N) is 1. The molecule has 1 saturated carbocycles. The molecule has 1 unspecified atom stereocenters. The smallest absolute Gasteiger partial charge is 0.141 e. The van der Waals surface area contributed by atoms with Crippen molar-refractivity contribution in [1.29, 1.82) is 0 Å². The third-order valence-corrected chi connectivity index (χ3v) is 3.97. The Kier molecular flexibility index (Phi) is 4.88. The molecule has 0 aliphatic heterocycles. The van der Waals surface area contributed by atoms with Crippen molar-refractivity contribution in [2.24, 2.45) is 0 Å². The van der Waals surface area contributed by atoms with Crippen molar-refractivity contribution in [1.82, 2.24) is 10.3 Å². The predicted octanol–water partition coefficient (Wildman–Crippen LogP) is 2.96. The molecule has 0 spiro atoms. The van der Waals surface area contributed by atoms with E-state index in [0.717, 1.165) is 31.4 Å². The number of hydrogen-bond donors (Lipinski definition) is 2. The van der Waals surface area contributed by atoms with Crippen LogP contribution in [-0.2, 0) is 0 Å². The maximum Gasteiger partial charge on any atom is 0.141 e. The minimum atomic E-state index is -0.592. The Labute approximate surface area is 114 Å². The molecule has 1 aromatic rings. The average molecular weight is 266 g/mol. The van der Waals surface area contributed by atoms with Gasteiger partial charge in [-0.1, -0.05) is 25.7 Å². The lowest BCUT2D eigenvalue weighted by molar-refractivity contribution is 0.0230. The fourth-order valence-corrected chi connectivity index (χ4v) is 2.65. The second-order valence-electron chi connectivity index (χ2n) is 5.64. The summed E-state index contributed by atoms with van der Waals surface area (Å²) >= 11 is 0. The molecule has 3 nitrogen and oxygen atoms in total. The summed E-state index contributed by atoms with van der Waals surface area (Å²) in [6, 6.07) is 3.12. The highest BCUT2D eigenvalue weighted by molar-refractivity contribution is 5.09. The molecule has 0 aromatic carbocycles. The number of aliphatic hydroxyl groups is 1. The van der Waals surface area contributed by atoms with Crippen LogP contribution in [0, 0.1) is 5.82 Å². The molecule has 0 saturated heterocycles. The van der Waals surface area contributed by atoms with Gasteiger partial charge in [-0.2, -0.15) is 0 Å². The lowest BCUT2D eigenvalue weighted by Gasteiger charge is -2.28. The molecule has 0 amide bonds. The van der Waals surface area contributed by atoms with E-state index in [9.17, 15) is 9.50 Å². The molecule has 19 heavy (non-hydrogen) atoms. The maximum atomic E-state index is 12.8. The van der Waals surface area contributed by atoms with Crippen LogP contribution in [0.15, 0.2) is 18.3 Å². The third kappa shape index (κ3) is 4.25. The summed E-state index contributed by atoms with van der Waals surface area (Å²) in [6.07, 6.45) is 7.60.